The summed E-state index contributed by atoms with van der Waals surface area (Å²) in [5, 5.41) is 32.0. The smallest absolute Gasteiger partial charge is 0.204 e. The Morgan fingerprint density at radius 1 is 1.10 bits per heavy atom. The van der Waals surface area contributed by atoms with Gasteiger partial charge in [0, 0.05) is 5.56 Å². The number of hydrogen-bond acceptors (Lipinski definition) is 6. The predicted molar refractivity (Wildman–Crippen MR) is 112 cm³/mol. The van der Waals surface area contributed by atoms with E-state index in [1.807, 2.05) is 33.8 Å². The van der Waals surface area contributed by atoms with Crippen molar-refractivity contribution in [2.75, 3.05) is 0 Å². The summed E-state index contributed by atoms with van der Waals surface area (Å²) >= 11 is 0. The Morgan fingerprint density at radius 3 is 2.52 bits per heavy atom. The summed E-state index contributed by atoms with van der Waals surface area (Å²) in [4.78, 5) is 13.4. The highest BCUT2D eigenvalue weighted by Gasteiger charge is 2.31. The molecule has 0 amide bonds. The van der Waals surface area contributed by atoms with Gasteiger partial charge in [-0.25, -0.2) is 0 Å². The van der Waals surface area contributed by atoms with Crippen molar-refractivity contribution in [3.8, 4) is 23.0 Å². The number of allylic oxidation sites excluding steroid dienone is 2. The topological polar surface area (TPSA) is 100 Å². The van der Waals surface area contributed by atoms with E-state index in [0.29, 0.717) is 12.0 Å². The van der Waals surface area contributed by atoms with Crippen molar-refractivity contribution in [3.63, 3.8) is 0 Å². The van der Waals surface area contributed by atoms with Gasteiger partial charge >= 0.3 is 0 Å². The van der Waals surface area contributed by atoms with Crippen LogP contribution in [0.5, 0.6) is 23.0 Å². The molecule has 0 saturated carbocycles. The van der Waals surface area contributed by atoms with Crippen molar-refractivity contribution in [3.05, 3.63) is 51.2 Å². The number of benzene rings is 2. The molecule has 3 aromatic rings. The number of rotatable bonds is 2. The van der Waals surface area contributed by atoms with Gasteiger partial charge in [0.05, 0.1) is 10.9 Å². The average molecular weight is 394 g/mol. The molecule has 0 atom stereocenters. The second-order valence-electron chi connectivity index (χ2n) is 8.04. The van der Waals surface area contributed by atoms with Gasteiger partial charge in [-0.2, -0.15) is 0 Å². The molecular weight excluding hydrogens is 372 g/mol. The van der Waals surface area contributed by atoms with Crippen LogP contribution in [0.25, 0.3) is 28.0 Å². The Hall–Kier alpha value is -3.41. The molecule has 0 bridgehead atoms. The first-order valence-corrected chi connectivity index (χ1v) is 9.31. The summed E-state index contributed by atoms with van der Waals surface area (Å²) in [5.74, 6) is -0.642. The fourth-order valence-electron chi connectivity index (χ4n) is 3.54. The van der Waals surface area contributed by atoms with Gasteiger partial charge in [-0.3, -0.25) is 4.79 Å². The normalized spacial score (nSPS) is 14.6. The van der Waals surface area contributed by atoms with Gasteiger partial charge < -0.3 is 24.5 Å². The Bertz CT molecular complexity index is 1290. The first-order chi connectivity index (χ1) is 13.6. The average Bonchev–Trinajstić information content (AvgIpc) is 2.64. The maximum atomic E-state index is 13.4. The largest absolute Gasteiger partial charge is 0.508 e. The third kappa shape index (κ3) is 2.92. The fraction of sp³-hybridized carbons (Fsp3) is 0.261. The first-order valence-electron chi connectivity index (χ1n) is 9.31. The highest BCUT2D eigenvalue weighted by Crippen LogP contribution is 2.48. The molecule has 1 aliphatic rings. The van der Waals surface area contributed by atoms with Crippen molar-refractivity contribution in [1.29, 1.82) is 0 Å². The van der Waals surface area contributed by atoms with E-state index in [9.17, 15) is 20.1 Å². The van der Waals surface area contributed by atoms with Crippen LogP contribution in [0.15, 0.2) is 39.1 Å². The molecule has 0 saturated heterocycles. The molecule has 1 aliphatic heterocycles. The molecule has 0 aliphatic carbocycles. The molecule has 0 spiro atoms. The highest BCUT2D eigenvalue weighted by molar-refractivity contribution is 6.01. The minimum atomic E-state index is -0.689. The lowest BCUT2D eigenvalue weighted by molar-refractivity contribution is 0.152. The molecule has 3 N–H and O–H groups in total. The van der Waals surface area contributed by atoms with Crippen molar-refractivity contribution in [2.24, 2.45) is 0 Å². The van der Waals surface area contributed by atoms with Gasteiger partial charge in [0.25, 0.3) is 0 Å². The van der Waals surface area contributed by atoms with Gasteiger partial charge in [0.1, 0.15) is 28.1 Å². The van der Waals surface area contributed by atoms with Crippen LogP contribution in [-0.4, -0.2) is 20.9 Å². The zero-order valence-electron chi connectivity index (χ0n) is 16.7. The molecule has 0 radical (unpaired) electrons. The lowest BCUT2D eigenvalue weighted by Gasteiger charge is -2.28. The summed E-state index contributed by atoms with van der Waals surface area (Å²) in [6.45, 7) is 7.46. The van der Waals surface area contributed by atoms with Crippen molar-refractivity contribution in [2.45, 2.75) is 39.7 Å². The van der Waals surface area contributed by atoms with Gasteiger partial charge in [-0.1, -0.05) is 11.6 Å². The van der Waals surface area contributed by atoms with Crippen molar-refractivity contribution in [1.82, 2.24) is 0 Å². The summed E-state index contributed by atoms with van der Waals surface area (Å²) in [7, 11) is 0. The number of phenolic OH excluding ortho intramolecular Hbond substituents is 3. The SMILES string of the molecule is CC(C)=CCc1c(O)ccc2oc3c(O)c4c(c(O)c3c(=O)c12)C=CC(C)(C)O4. The predicted octanol–water partition coefficient (Wildman–Crippen LogP) is 4.76. The molecule has 4 rings (SSSR count). The van der Waals surface area contributed by atoms with Crippen LogP contribution in [0.3, 0.4) is 0 Å². The zero-order chi connectivity index (χ0) is 21.1. The molecule has 6 heteroatoms. The highest BCUT2D eigenvalue weighted by atomic mass is 16.5. The summed E-state index contributed by atoms with van der Waals surface area (Å²) < 4.78 is 11.6. The Morgan fingerprint density at radius 2 is 1.83 bits per heavy atom. The monoisotopic (exact) mass is 394 g/mol. The quantitative estimate of drug-likeness (QED) is 0.329. The molecule has 6 nitrogen and oxygen atoms in total. The summed E-state index contributed by atoms with van der Waals surface area (Å²) in [5.41, 5.74) is 0.497. The number of ether oxygens (including phenoxy) is 1. The van der Waals surface area contributed by atoms with Crippen LogP contribution in [0, 0.1) is 0 Å². The van der Waals surface area contributed by atoms with Crippen LogP contribution in [-0.2, 0) is 6.42 Å². The van der Waals surface area contributed by atoms with Gasteiger partial charge in [-0.15, -0.1) is 0 Å². The molecule has 29 heavy (non-hydrogen) atoms. The maximum Gasteiger partial charge on any atom is 0.204 e. The first kappa shape index (κ1) is 18.9. The van der Waals surface area contributed by atoms with E-state index in [0.717, 1.165) is 5.57 Å². The number of phenols is 3. The van der Waals surface area contributed by atoms with E-state index in [4.69, 9.17) is 9.15 Å². The van der Waals surface area contributed by atoms with E-state index in [1.54, 1.807) is 12.2 Å². The molecule has 2 heterocycles. The van der Waals surface area contributed by atoms with Gasteiger partial charge in [0.2, 0.25) is 11.2 Å². The summed E-state index contributed by atoms with van der Waals surface area (Å²) in [6, 6.07) is 2.92. The molecule has 2 aromatic carbocycles. The van der Waals surface area contributed by atoms with Crippen LogP contribution in [0.1, 0.15) is 38.8 Å². The maximum absolute atomic E-state index is 13.4. The Kier molecular flexibility index (Phi) is 4.12. The molecule has 150 valence electrons. The minimum Gasteiger partial charge on any atom is -0.508 e. The van der Waals surface area contributed by atoms with E-state index < -0.39 is 11.0 Å². The third-order valence-corrected chi connectivity index (χ3v) is 5.04. The molecule has 0 unspecified atom stereocenters. The molecule has 0 fully saturated rings. The van der Waals surface area contributed by atoms with E-state index in [-0.39, 0.29) is 50.5 Å². The molecule has 1 aromatic heterocycles. The number of aromatic hydroxyl groups is 3. The standard InChI is InChI=1S/C23H22O6/c1-11(2)5-6-12-14(24)7-8-15-16(12)19(26)17-18(25)13-9-10-23(3,4)29-21(13)20(27)22(17)28-15/h5,7-10,24-25,27H,6H2,1-4H3. The number of hydrogen-bond donors (Lipinski definition) is 3. The van der Waals surface area contributed by atoms with Crippen LogP contribution >= 0.6 is 0 Å². The van der Waals surface area contributed by atoms with Crippen LogP contribution in [0.4, 0.5) is 0 Å². The fourth-order valence-corrected chi connectivity index (χ4v) is 3.54. The van der Waals surface area contributed by atoms with Crippen molar-refractivity contribution >= 4 is 28.0 Å². The Balaban J connectivity index is 2.14. The number of fused-ring (bicyclic) bond motifs is 3. The van der Waals surface area contributed by atoms with Gasteiger partial charge in [0.15, 0.2) is 11.3 Å². The lowest BCUT2D eigenvalue weighted by atomic mass is 9.97. The molecular formula is C23H22O6. The van der Waals surface area contributed by atoms with Gasteiger partial charge in [-0.05, 0) is 58.4 Å². The summed E-state index contributed by atoms with van der Waals surface area (Å²) in [6.07, 6.45) is 5.57. The Labute approximate surface area is 167 Å². The second-order valence-corrected chi connectivity index (χ2v) is 8.04. The van der Waals surface area contributed by atoms with E-state index in [1.165, 1.54) is 12.1 Å². The zero-order valence-corrected chi connectivity index (χ0v) is 16.7. The van der Waals surface area contributed by atoms with Crippen molar-refractivity contribution < 1.29 is 24.5 Å². The minimum absolute atomic E-state index is 0.0340. The van der Waals surface area contributed by atoms with E-state index in [2.05, 4.69) is 0 Å². The lowest BCUT2D eigenvalue weighted by Crippen LogP contribution is -2.27. The van der Waals surface area contributed by atoms with E-state index >= 15 is 0 Å². The third-order valence-electron chi connectivity index (χ3n) is 5.04. The van der Waals surface area contributed by atoms with Crippen LogP contribution < -0.4 is 10.2 Å². The van der Waals surface area contributed by atoms with Crippen LogP contribution in [0.2, 0.25) is 0 Å². The second kappa shape index (κ2) is 6.30.